The van der Waals surface area contributed by atoms with Crippen LogP contribution in [0.3, 0.4) is 0 Å². The first-order valence-corrected chi connectivity index (χ1v) is 5.92. The highest BCUT2D eigenvalue weighted by Crippen LogP contribution is 2.08. The number of aromatic nitrogens is 1. The van der Waals surface area contributed by atoms with E-state index in [9.17, 15) is 4.79 Å². The number of hydrogen-bond donors (Lipinski definition) is 3. The molecule has 1 saturated heterocycles. The number of anilines is 1. The largest absolute Gasteiger partial charge is 0.378 e. The van der Waals surface area contributed by atoms with Gasteiger partial charge in [0, 0.05) is 39.0 Å². The van der Waals surface area contributed by atoms with Gasteiger partial charge in [-0.15, -0.1) is 24.8 Å². The van der Waals surface area contributed by atoms with Crippen molar-refractivity contribution >= 4 is 36.5 Å². The van der Waals surface area contributed by atoms with Gasteiger partial charge in [-0.25, -0.2) is 4.98 Å². The maximum absolute atomic E-state index is 12.1. The molecule has 1 fully saturated rings. The molecule has 114 valence electrons. The first-order valence-electron chi connectivity index (χ1n) is 5.92. The minimum atomic E-state index is -0.107. The van der Waals surface area contributed by atoms with Crippen LogP contribution in [0.2, 0.25) is 0 Å². The molecular formula is C12H20Cl2N4O2. The number of halogens is 2. The Morgan fingerprint density at radius 3 is 2.85 bits per heavy atom. The van der Waals surface area contributed by atoms with Crippen molar-refractivity contribution in [3.63, 3.8) is 0 Å². The third kappa shape index (κ3) is 4.49. The number of carbonyl (C=O) groups excluding carboxylic acids is 1. The van der Waals surface area contributed by atoms with Crippen molar-refractivity contribution in [1.82, 2.24) is 15.6 Å². The number of carbonyl (C=O) groups is 1. The van der Waals surface area contributed by atoms with Crippen molar-refractivity contribution in [3.8, 4) is 0 Å². The van der Waals surface area contributed by atoms with E-state index in [1.165, 1.54) is 0 Å². The summed E-state index contributed by atoms with van der Waals surface area (Å²) in [5.41, 5.74) is 0.594. The molecule has 0 aromatic carbocycles. The summed E-state index contributed by atoms with van der Waals surface area (Å²) in [6.45, 7) is 1.49. The summed E-state index contributed by atoms with van der Waals surface area (Å²) in [4.78, 5) is 16.2. The number of pyridine rings is 1. The van der Waals surface area contributed by atoms with Crippen molar-refractivity contribution in [1.29, 1.82) is 0 Å². The zero-order valence-corrected chi connectivity index (χ0v) is 13.0. The Morgan fingerprint density at radius 1 is 1.45 bits per heavy atom. The van der Waals surface area contributed by atoms with Gasteiger partial charge in [0.1, 0.15) is 5.82 Å². The van der Waals surface area contributed by atoms with E-state index in [-0.39, 0.29) is 42.9 Å². The monoisotopic (exact) mass is 322 g/mol. The standard InChI is InChI=1S/C12H18N4O2.2ClH/c1-13-11-5-8(3-4-15-11)12(17)16-9-6-14-7-10(9)18-2;;/h3-5,9-10,14H,6-7H2,1-2H3,(H,13,15)(H,16,17);2*1H/t9-,10-;;/m0../s1. The Hall–Kier alpha value is -1.08. The van der Waals surface area contributed by atoms with Gasteiger partial charge >= 0.3 is 0 Å². The van der Waals surface area contributed by atoms with E-state index in [0.29, 0.717) is 11.4 Å². The molecule has 2 atom stereocenters. The minimum absolute atomic E-state index is 0. The molecule has 0 radical (unpaired) electrons. The molecule has 0 spiro atoms. The van der Waals surface area contributed by atoms with E-state index in [2.05, 4.69) is 20.9 Å². The van der Waals surface area contributed by atoms with Gasteiger partial charge in [0.25, 0.3) is 5.91 Å². The smallest absolute Gasteiger partial charge is 0.251 e. The molecule has 8 heteroatoms. The van der Waals surface area contributed by atoms with Gasteiger partial charge in [-0.2, -0.15) is 0 Å². The number of ether oxygens (including phenoxy) is 1. The van der Waals surface area contributed by atoms with E-state index in [1.54, 1.807) is 32.5 Å². The van der Waals surface area contributed by atoms with Crippen LogP contribution < -0.4 is 16.0 Å². The van der Waals surface area contributed by atoms with Crippen molar-refractivity contribution in [2.75, 3.05) is 32.6 Å². The molecule has 2 heterocycles. The van der Waals surface area contributed by atoms with E-state index in [4.69, 9.17) is 4.74 Å². The van der Waals surface area contributed by atoms with E-state index in [0.717, 1.165) is 13.1 Å². The lowest BCUT2D eigenvalue weighted by Gasteiger charge is -2.18. The second kappa shape index (κ2) is 8.97. The fraction of sp³-hybridized carbons (Fsp3) is 0.500. The molecular weight excluding hydrogens is 303 g/mol. The van der Waals surface area contributed by atoms with Crippen molar-refractivity contribution < 1.29 is 9.53 Å². The number of nitrogens with one attached hydrogen (secondary N) is 3. The van der Waals surface area contributed by atoms with E-state index >= 15 is 0 Å². The minimum Gasteiger partial charge on any atom is -0.378 e. The molecule has 6 nitrogen and oxygen atoms in total. The van der Waals surface area contributed by atoms with Crippen LogP contribution in [0.25, 0.3) is 0 Å². The Kier molecular flexibility index (Phi) is 8.48. The Labute approximate surface area is 130 Å². The summed E-state index contributed by atoms with van der Waals surface area (Å²) < 4.78 is 5.30. The second-order valence-electron chi connectivity index (χ2n) is 4.19. The summed E-state index contributed by atoms with van der Waals surface area (Å²) in [7, 11) is 3.42. The van der Waals surface area contributed by atoms with Crippen LogP contribution in [0, 0.1) is 0 Å². The van der Waals surface area contributed by atoms with Crippen LogP contribution in [0.1, 0.15) is 10.4 Å². The zero-order chi connectivity index (χ0) is 13.0. The fourth-order valence-electron chi connectivity index (χ4n) is 2.01. The molecule has 0 aliphatic carbocycles. The quantitative estimate of drug-likeness (QED) is 0.760. The van der Waals surface area contributed by atoms with Crippen molar-refractivity contribution in [3.05, 3.63) is 23.9 Å². The highest BCUT2D eigenvalue weighted by Gasteiger charge is 2.28. The van der Waals surface area contributed by atoms with Gasteiger partial charge in [-0.1, -0.05) is 0 Å². The molecule has 1 amide bonds. The Morgan fingerprint density at radius 2 is 2.20 bits per heavy atom. The van der Waals surface area contributed by atoms with Crippen LogP contribution in [-0.2, 0) is 4.74 Å². The van der Waals surface area contributed by atoms with Gasteiger partial charge < -0.3 is 20.7 Å². The second-order valence-corrected chi connectivity index (χ2v) is 4.19. The van der Waals surface area contributed by atoms with Gasteiger partial charge in [0.15, 0.2) is 0 Å². The van der Waals surface area contributed by atoms with E-state index < -0.39 is 0 Å². The summed E-state index contributed by atoms with van der Waals surface area (Å²) in [6.07, 6.45) is 1.64. The fourth-order valence-corrected chi connectivity index (χ4v) is 2.01. The van der Waals surface area contributed by atoms with Crippen molar-refractivity contribution in [2.45, 2.75) is 12.1 Å². The average Bonchev–Trinajstić information content (AvgIpc) is 2.86. The van der Waals surface area contributed by atoms with Gasteiger partial charge in [-0.05, 0) is 12.1 Å². The topological polar surface area (TPSA) is 75.3 Å². The number of amides is 1. The number of rotatable bonds is 4. The van der Waals surface area contributed by atoms with Crippen LogP contribution >= 0.6 is 24.8 Å². The molecule has 2 rings (SSSR count). The normalized spacial score (nSPS) is 20.5. The molecule has 1 aliphatic heterocycles. The lowest BCUT2D eigenvalue weighted by atomic mass is 10.2. The highest BCUT2D eigenvalue weighted by atomic mass is 35.5. The van der Waals surface area contributed by atoms with E-state index in [1.807, 2.05) is 0 Å². The van der Waals surface area contributed by atoms with Crippen LogP contribution in [0.15, 0.2) is 18.3 Å². The first kappa shape index (κ1) is 18.9. The molecule has 3 N–H and O–H groups in total. The Balaban J connectivity index is 0.00000180. The SMILES string of the molecule is CNc1cc(C(=O)N[C@H]2CNC[C@@H]2OC)ccn1.Cl.Cl. The maximum Gasteiger partial charge on any atom is 0.251 e. The van der Waals surface area contributed by atoms with Crippen LogP contribution in [-0.4, -0.2) is 50.3 Å². The van der Waals surface area contributed by atoms with Crippen LogP contribution in [0.4, 0.5) is 5.82 Å². The zero-order valence-electron chi connectivity index (χ0n) is 11.4. The maximum atomic E-state index is 12.1. The molecule has 20 heavy (non-hydrogen) atoms. The molecule has 1 aromatic rings. The summed E-state index contributed by atoms with van der Waals surface area (Å²) in [5.74, 6) is 0.570. The third-order valence-electron chi connectivity index (χ3n) is 3.06. The Bertz CT molecular complexity index is 434. The highest BCUT2D eigenvalue weighted by molar-refractivity contribution is 5.95. The molecule has 1 aromatic heterocycles. The summed E-state index contributed by atoms with van der Waals surface area (Å²) in [6, 6.07) is 3.42. The van der Waals surface area contributed by atoms with Gasteiger partial charge in [-0.3, -0.25) is 4.79 Å². The molecule has 0 bridgehead atoms. The van der Waals surface area contributed by atoms with Crippen LogP contribution in [0.5, 0.6) is 0 Å². The predicted octanol–water partition coefficient (Wildman–Crippen LogP) is 0.684. The number of nitrogens with zero attached hydrogens (tertiary/aromatic N) is 1. The van der Waals surface area contributed by atoms with Gasteiger partial charge in [0.05, 0.1) is 12.1 Å². The predicted molar refractivity (Wildman–Crippen MR) is 83.2 cm³/mol. The number of hydrogen-bond acceptors (Lipinski definition) is 5. The van der Waals surface area contributed by atoms with Gasteiger partial charge in [0.2, 0.25) is 0 Å². The third-order valence-corrected chi connectivity index (χ3v) is 3.06. The summed E-state index contributed by atoms with van der Waals surface area (Å²) in [5, 5.41) is 9.06. The lowest BCUT2D eigenvalue weighted by Crippen LogP contribution is -2.43. The molecule has 0 unspecified atom stereocenters. The first-order chi connectivity index (χ1) is 8.74. The summed E-state index contributed by atoms with van der Waals surface area (Å²) >= 11 is 0. The van der Waals surface area contributed by atoms with Crippen molar-refractivity contribution in [2.24, 2.45) is 0 Å². The number of methoxy groups -OCH3 is 1. The lowest BCUT2D eigenvalue weighted by molar-refractivity contribution is 0.0780. The molecule has 0 saturated carbocycles. The average molecular weight is 323 g/mol. The molecule has 1 aliphatic rings.